The number of benzene rings is 1. The van der Waals surface area contributed by atoms with E-state index in [4.69, 9.17) is 4.74 Å². The first-order chi connectivity index (χ1) is 8.69. The van der Waals surface area contributed by atoms with Gasteiger partial charge in [-0.25, -0.2) is 0 Å². The molecule has 0 saturated heterocycles. The normalized spacial score (nSPS) is 10.1. The smallest absolute Gasteiger partial charge is 0.292 e. The maximum atomic E-state index is 10.9. The lowest BCUT2D eigenvalue weighted by Gasteiger charge is -2.09. The quantitative estimate of drug-likeness (QED) is 0.421. The molecule has 0 atom stereocenters. The van der Waals surface area contributed by atoms with Gasteiger partial charge in [0.1, 0.15) is 11.4 Å². The van der Waals surface area contributed by atoms with E-state index in [1.54, 1.807) is 12.1 Å². The summed E-state index contributed by atoms with van der Waals surface area (Å²) in [5.41, 5.74) is 0.565. The first kappa shape index (κ1) is 14.2. The zero-order chi connectivity index (χ0) is 13.4. The van der Waals surface area contributed by atoms with Crippen LogP contribution in [0.2, 0.25) is 0 Å². The fraction of sp³-hybridized carbons (Fsp3) is 0.500. The van der Waals surface area contributed by atoms with E-state index in [0.29, 0.717) is 18.0 Å². The van der Waals surface area contributed by atoms with Crippen molar-refractivity contribution in [3.63, 3.8) is 0 Å². The second-order valence-electron chi connectivity index (χ2n) is 3.77. The van der Waals surface area contributed by atoms with Gasteiger partial charge in [0.05, 0.1) is 12.0 Å². The van der Waals surface area contributed by atoms with Gasteiger partial charge in [-0.2, -0.15) is 0 Å². The molecule has 0 aliphatic rings. The van der Waals surface area contributed by atoms with E-state index in [0.717, 1.165) is 19.5 Å². The lowest BCUT2D eigenvalue weighted by molar-refractivity contribution is -0.384. The molecule has 1 aromatic rings. The molecule has 0 spiro atoms. The maximum absolute atomic E-state index is 10.9. The van der Waals surface area contributed by atoms with Crippen LogP contribution in [0.25, 0.3) is 0 Å². The molecule has 0 aliphatic carbocycles. The lowest BCUT2D eigenvalue weighted by Crippen LogP contribution is -2.17. The predicted molar refractivity (Wildman–Crippen MR) is 71.3 cm³/mol. The van der Waals surface area contributed by atoms with Crippen LogP contribution in [0.4, 0.5) is 11.4 Å². The van der Waals surface area contributed by atoms with E-state index >= 15 is 0 Å². The highest BCUT2D eigenvalue weighted by Crippen LogP contribution is 2.28. The average molecular weight is 253 g/mol. The molecule has 0 unspecified atom stereocenters. The highest BCUT2D eigenvalue weighted by molar-refractivity contribution is 5.64. The Kier molecular flexibility index (Phi) is 5.93. The Bertz CT molecular complexity index is 396. The molecule has 2 N–H and O–H groups in total. The van der Waals surface area contributed by atoms with Gasteiger partial charge in [-0.1, -0.05) is 6.92 Å². The molecule has 0 aromatic heterocycles. The summed E-state index contributed by atoms with van der Waals surface area (Å²) in [4.78, 5) is 10.5. The molecule has 6 heteroatoms. The zero-order valence-electron chi connectivity index (χ0n) is 10.7. The number of nitro groups is 1. The summed E-state index contributed by atoms with van der Waals surface area (Å²) in [6.45, 7) is 4.54. The molecule has 0 aliphatic heterocycles. The van der Waals surface area contributed by atoms with Gasteiger partial charge in [-0.15, -0.1) is 0 Å². The number of hydrogen-bond donors (Lipinski definition) is 2. The molecule has 0 radical (unpaired) electrons. The van der Waals surface area contributed by atoms with Crippen molar-refractivity contribution in [2.45, 2.75) is 13.3 Å². The van der Waals surface area contributed by atoms with Crippen LogP contribution in [0.1, 0.15) is 13.3 Å². The summed E-state index contributed by atoms with van der Waals surface area (Å²) >= 11 is 0. The van der Waals surface area contributed by atoms with Crippen molar-refractivity contribution in [2.24, 2.45) is 0 Å². The topological polar surface area (TPSA) is 76.4 Å². The molecule has 0 heterocycles. The van der Waals surface area contributed by atoms with Crippen molar-refractivity contribution in [2.75, 3.05) is 32.1 Å². The molecule has 0 saturated carbocycles. The fourth-order valence-electron chi connectivity index (χ4n) is 1.56. The van der Waals surface area contributed by atoms with Crippen LogP contribution < -0.4 is 15.4 Å². The highest BCUT2D eigenvalue weighted by atomic mass is 16.6. The largest absolute Gasteiger partial charge is 0.497 e. The summed E-state index contributed by atoms with van der Waals surface area (Å²) in [7, 11) is 1.54. The Labute approximate surface area is 106 Å². The summed E-state index contributed by atoms with van der Waals surface area (Å²) in [6, 6.07) is 4.68. The van der Waals surface area contributed by atoms with E-state index in [1.807, 2.05) is 6.92 Å². The summed E-state index contributed by atoms with van der Waals surface area (Å²) in [5.74, 6) is 0.606. The van der Waals surface area contributed by atoms with E-state index in [9.17, 15) is 10.1 Å². The van der Waals surface area contributed by atoms with Crippen LogP contribution in [0.5, 0.6) is 5.75 Å². The molecular weight excluding hydrogens is 234 g/mol. The Hall–Kier alpha value is -1.82. The molecule has 1 rings (SSSR count). The standard InChI is InChI=1S/C12H19N3O3/c1-3-13-7-4-8-14-11-9-10(18-2)5-6-12(11)15(16)17/h5-6,9,13-14H,3-4,7-8H2,1-2H3. The van der Waals surface area contributed by atoms with Crippen molar-refractivity contribution in [3.8, 4) is 5.75 Å². The first-order valence-electron chi connectivity index (χ1n) is 5.96. The third kappa shape index (κ3) is 4.21. The van der Waals surface area contributed by atoms with E-state index in [2.05, 4.69) is 10.6 Å². The number of nitro benzene ring substituents is 1. The Morgan fingerprint density at radius 3 is 2.78 bits per heavy atom. The van der Waals surface area contributed by atoms with Crippen LogP contribution >= 0.6 is 0 Å². The van der Waals surface area contributed by atoms with Gasteiger partial charge < -0.3 is 15.4 Å². The van der Waals surface area contributed by atoms with Crippen molar-refractivity contribution < 1.29 is 9.66 Å². The van der Waals surface area contributed by atoms with Crippen LogP contribution in [-0.4, -0.2) is 31.7 Å². The van der Waals surface area contributed by atoms with Gasteiger partial charge in [0, 0.05) is 18.7 Å². The summed E-state index contributed by atoms with van der Waals surface area (Å²) < 4.78 is 5.06. The Balaban J connectivity index is 2.63. The van der Waals surface area contributed by atoms with Crippen LogP contribution in [0.3, 0.4) is 0 Å². The van der Waals surface area contributed by atoms with E-state index in [-0.39, 0.29) is 5.69 Å². The number of nitrogens with one attached hydrogen (secondary N) is 2. The highest BCUT2D eigenvalue weighted by Gasteiger charge is 2.13. The third-order valence-corrected chi connectivity index (χ3v) is 2.50. The van der Waals surface area contributed by atoms with Crippen LogP contribution in [-0.2, 0) is 0 Å². The van der Waals surface area contributed by atoms with Crippen LogP contribution in [0.15, 0.2) is 18.2 Å². The molecule has 0 amide bonds. The van der Waals surface area contributed by atoms with Gasteiger partial charge in [-0.05, 0) is 25.6 Å². The summed E-state index contributed by atoms with van der Waals surface area (Å²) in [5, 5.41) is 17.1. The number of hydrogen-bond acceptors (Lipinski definition) is 5. The molecule has 1 aromatic carbocycles. The minimum absolute atomic E-state index is 0.0688. The second kappa shape index (κ2) is 7.50. The third-order valence-electron chi connectivity index (χ3n) is 2.50. The number of ether oxygens (including phenoxy) is 1. The Morgan fingerprint density at radius 2 is 2.17 bits per heavy atom. The lowest BCUT2D eigenvalue weighted by atomic mass is 10.2. The summed E-state index contributed by atoms with van der Waals surface area (Å²) in [6.07, 6.45) is 0.905. The van der Waals surface area contributed by atoms with Crippen LogP contribution in [0, 0.1) is 10.1 Å². The molecule has 0 bridgehead atoms. The van der Waals surface area contributed by atoms with Crippen molar-refractivity contribution in [1.29, 1.82) is 0 Å². The molecule has 0 fully saturated rings. The SMILES string of the molecule is CCNCCCNc1cc(OC)ccc1[N+](=O)[O-]. The van der Waals surface area contributed by atoms with Crippen molar-refractivity contribution in [1.82, 2.24) is 5.32 Å². The number of nitrogens with zero attached hydrogens (tertiary/aromatic N) is 1. The monoisotopic (exact) mass is 253 g/mol. The predicted octanol–water partition coefficient (Wildman–Crippen LogP) is 2.01. The first-order valence-corrected chi connectivity index (χ1v) is 5.96. The van der Waals surface area contributed by atoms with Gasteiger partial charge in [0.15, 0.2) is 0 Å². The zero-order valence-corrected chi connectivity index (χ0v) is 10.7. The maximum Gasteiger partial charge on any atom is 0.292 e. The minimum Gasteiger partial charge on any atom is -0.497 e. The number of methoxy groups -OCH3 is 1. The average Bonchev–Trinajstić information content (AvgIpc) is 2.38. The number of rotatable bonds is 8. The number of anilines is 1. The van der Waals surface area contributed by atoms with E-state index < -0.39 is 4.92 Å². The van der Waals surface area contributed by atoms with E-state index in [1.165, 1.54) is 13.2 Å². The van der Waals surface area contributed by atoms with Crippen molar-refractivity contribution in [3.05, 3.63) is 28.3 Å². The Morgan fingerprint density at radius 1 is 1.39 bits per heavy atom. The fourth-order valence-corrected chi connectivity index (χ4v) is 1.56. The second-order valence-corrected chi connectivity index (χ2v) is 3.77. The van der Waals surface area contributed by atoms with Crippen molar-refractivity contribution >= 4 is 11.4 Å². The molecule has 18 heavy (non-hydrogen) atoms. The molecule has 6 nitrogen and oxygen atoms in total. The van der Waals surface area contributed by atoms with Gasteiger partial charge in [-0.3, -0.25) is 10.1 Å². The van der Waals surface area contributed by atoms with Gasteiger partial charge in [0.25, 0.3) is 5.69 Å². The minimum atomic E-state index is -0.397. The molecule has 100 valence electrons. The van der Waals surface area contributed by atoms with Gasteiger partial charge in [0.2, 0.25) is 0 Å². The molecular formula is C12H19N3O3. The van der Waals surface area contributed by atoms with Gasteiger partial charge >= 0.3 is 0 Å².